The fraction of sp³-hybridized carbons (Fsp3) is 0.429. The van der Waals surface area contributed by atoms with Crippen LogP contribution in [0.2, 0.25) is 2.82 Å². The number of aromatic nitrogens is 1. The van der Waals surface area contributed by atoms with Gasteiger partial charge in [-0.1, -0.05) is 6.04 Å². The highest BCUT2D eigenvalue weighted by Gasteiger charge is 2.11. The normalized spacial score (nSPS) is 25.6. The topological polar surface area (TPSA) is 65.2 Å². The fourth-order valence-electron chi connectivity index (χ4n) is 1.35. The van der Waals surface area contributed by atoms with Gasteiger partial charge in [0.25, 0.3) is 0 Å². The summed E-state index contributed by atoms with van der Waals surface area (Å²) < 4.78 is 136. The molecule has 0 saturated carbocycles. The highest BCUT2D eigenvalue weighted by Crippen LogP contribution is 2.21. The second kappa shape index (κ2) is 5.95. The molecule has 2 rings (SSSR count). The molecule has 110 valence electrons. The Morgan fingerprint density at radius 1 is 1.65 bits per heavy atom. The van der Waals surface area contributed by atoms with E-state index in [-0.39, 0.29) is 9.62 Å². The smallest absolute Gasteiger partial charge is 0.215 e. The maximum atomic E-state index is 12.4. The van der Waals surface area contributed by atoms with E-state index in [1.165, 1.54) is 0 Å². The predicted octanol–water partition coefficient (Wildman–Crippen LogP) is 1.32. The molecule has 0 aliphatic rings. The van der Waals surface area contributed by atoms with Crippen molar-refractivity contribution < 1.29 is 27.7 Å². The number of rotatable bonds is 6. The highest BCUT2D eigenvalue weighted by molar-refractivity contribution is 7.88. The molecule has 6 heteroatoms. The second-order valence-electron chi connectivity index (χ2n) is 3.70. The molecule has 0 spiro atoms. The number of hydrogen-bond donors (Lipinski definition) is 2. The number of aryl methyl sites for hydroxylation is 1. The Labute approximate surface area is 139 Å². The van der Waals surface area contributed by atoms with Gasteiger partial charge < -0.3 is 9.88 Å². The van der Waals surface area contributed by atoms with Crippen LogP contribution >= 0.6 is 0 Å². The molecule has 0 atom stereocenters. The average molecular weight is 309 g/mol. The van der Waals surface area contributed by atoms with Crippen molar-refractivity contribution >= 4 is 20.9 Å². The van der Waals surface area contributed by atoms with Gasteiger partial charge in [-0.15, -0.1) is 0 Å². The van der Waals surface area contributed by atoms with Crippen LogP contribution in [0.5, 0.6) is 0 Å². The maximum absolute atomic E-state index is 12.4. The van der Waals surface area contributed by atoms with Gasteiger partial charge in [0.15, 0.2) is 1.41 Å². The minimum absolute atomic E-state index is 0.108. The van der Waals surface area contributed by atoms with E-state index >= 15 is 0 Å². The minimum atomic E-state index is -5.16. The lowest BCUT2D eigenvalue weighted by Gasteiger charge is -2.08. The first-order valence-corrected chi connectivity index (χ1v) is 6.77. The third-order valence-electron chi connectivity index (χ3n) is 2.21. The Bertz CT molecular complexity index is 1230. The maximum Gasteiger partial charge on any atom is 0.215 e. The van der Waals surface area contributed by atoms with E-state index in [0.717, 1.165) is 7.05 Å². The van der Waals surface area contributed by atoms with Gasteiger partial charge in [-0.3, -0.25) is 0 Å². The van der Waals surface area contributed by atoms with Gasteiger partial charge in [-0.25, -0.2) is 13.1 Å². The van der Waals surface area contributed by atoms with E-state index in [0.29, 0.717) is 18.2 Å². The second-order valence-corrected chi connectivity index (χ2v) is 5.22. The molecule has 0 unspecified atom stereocenters. The molecule has 5 nitrogen and oxygen atoms in total. The van der Waals surface area contributed by atoms with Crippen LogP contribution in [-0.4, -0.2) is 45.9 Å². The van der Waals surface area contributed by atoms with Crippen molar-refractivity contribution in [1.29, 1.82) is 0 Å². The van der Waals surface area contributed by atoms with Crippen LogP contribution in [0, 0.1) is 0 Å². The van der Waals surface area contributed by atoms with E-state index in [1.54, 1.807) is 0 Å². The van der Waals surface area contributed by atoms with E-state index in [4.69, 9.17) is 19.3 Å². The number of aromatic amines is 1. The summed E-state index contributed by atoms with van der Waals surface area (Å²) in [5, 5.41) is -0.745. The van der Waals surface area contributed by atoms with Gasteiger partial charge in [0.2, 0.25) is 10.0 Å². The minimum Gasteiger partial charge on any atom is -0.361 e. The van der Waals surface area contributed by atoms with Crippen LogP contribution in [0.3, 0.4) is 0 Å². The number of likely N-dealkylation sites (N-methyl/N-ethyl adjacent to an activating group) is 1. The molecule has 1 heterocycles. The molecule has 0 amide bonds. The summed E-state index contributed by atoms with van der Waals surface area (Å²) in [6.07, 6.45) is -2.64. The number of H-pyrrole nitrogens is 1. The van der Waals surface area contributed by atoms with Crippen molar-refractivity contribution in [2.75, 3.05) is 27.6 Å². The molecule has 0 fully saturated rings. The summed E-state index contributed by atoms with van der Waals surface area (Å²) in [5.74, 6) is 0. The molecule has 1 aromatic heterocycles. The molecule has 0 aliphatic carbocycles. The summed E-state index contributed by atoms with van der Waals surface area (Å²) >= 11 is 0. The van der Waals surface area contributed by atoms with Gasteiger partial charge in [-0.2, -0.15) is 0 Å². The number of nitrogens with one attached hydrogen (secondary N) is 2. The van der Waals surface area contributed by atoms with Gasteiger partial charge in [0.05, 0.1) is 9.82 Å². The summed E-state index contributed by atoms with van der Waals surface area (Å²) in [6, 6.07) is -3.17. The Morgan fingerprint density at radius 2 is 2.45 bits per heavy atom. The largest absolute Gasteiger partial charge is 0.361 e. The molecular weight excluding hydrogens is 274 g/mol. The molecule has 0 bridgehead atoms. The number of sulfonamides is 1. The predicted molar refractivity (Wildman–Crippen MR) is 82.2 cm³/mol. The van der Waals surface area contributed by atoms with E-state index in [9.17, 15) is 8.42 Å². The number of fused-ring (bicyclic) bond motifs is 1. The third kappa shape index (κ3) is 3.59. The quantitative estimate of drug-likeness (QED) is 0.846. The molecule has 20 heavy (non-hydrogen) atoms. The molecule has 2 aromatic rings. The zero-order valence-electron chi connectivity index (χ0n) is 24.6. The summed E-state index contributed by atoms with van der Waals surface area (Å²) in [6.45, 7) is -6.40. The lowest BCUT2D eigenvalue weighted by Crippen LogP contribution is -2.20. The van der Waals surface area contributed by atoms with E-state index in [1.807, 2.05) is 0 Å². The van der Waals surface area contributed by atoms with Gasteiger partial charge in [0.1, 0.15) is 1.41 Å². The van der Waals surface area contributed by atoms with Crippen LogP contribution < -0.4 is 4.72 Å². The monoisotopic (exact) mass is 309 g/mol. The van der Waals surface area contributed by atoms with Crippen molar-refractivity contribution in [1.82, 2.24) is 14.6 Å². The zero-order valence-corrected chi connectivity index (χ0v) is 11.5. The van der Waals surface area contributed by atoms with Crippen molar-refractivity contribution in [2.45, 2.75) is 12.1 Å². The third-order valence-corrected chi connectivity index (χ3v) is 3.16. The van der Waals surface area contributed by atoms with Crippen molar-refractivity contribution in [3.63, 3.8) is 0 Å². The lowest BCUT2D eigenvalue weighted by atomic mass is 10.1. The standard InChI is InChI=1S/C14H21N3O2S/c1-15-20(18,19)10-11-4-5-14-13(8-11)12(9-16-14)6-7-17(2)3/h4-5,8-9,15-16H,6-7,10H2,1-3H3/i2D3,4D,5D,6D2,7D2,8D,10D2/hD2. The van der Waals surface area contributed by atoms with Crippen molar-refractivity contribution in [3.8, 4) is 0 Å². The molecule has 2 N–H and O–H groups in total. The van der Waals surface area contributed by atoms with Crippen LogP contribution in [-0.2, 0) is 22.1 Å². The van der Waals surface area contributed by atoms with Gasteiger partial charge in [0, 0.05) is 35.9 Å². The molecular formula is C14H21N3O2S. The van der Waals surface area contributed by atoms with Crippen LogP contribution in [0.4, 0.5) is 0 Å². The molecule has 0 aliphatic heterocycles. The van der Waals surface area contributed by atoms with Crippen molar-refractivity contribution in [2.24, 2.45) is 0 Å². The SMILES string of the molecule is [2H]c1c(C([2H])([2H])S(=O)(=O)N([2H])C)c([2H])c2c(C([2H])([2H])C([2H])([2H])N(C)C([2H])([2H])[2H])cn([2H])c2c1[2H]. The number of hydrogen-bond acceptors (Lipinski definition) is 3. The van der Waals surface area contributed by atoms with Crippen molar-refractivity contribution in [3.05, 3.63) is 35.5 Å². The Hall–Kier alpha value is -1.37. The van der Waals surface area contributed by atoms with Crippen LogP contribution in [0.25, 0.3) is 10.9 Å². The number of benzene rings is 1. The summed E-state index contributed by atoms with van der Waals surface area (Å²) in [4.78, 5) is 0.452. The van der Waals surface area contributed by atoms with Gasteiger partial charge >= 0.3 is 0 Å². The highest BCUT2D eigenvalue weighted by atomic mass is 32.2. The first-order valence-electron chi connectivity index (χ1n) is 12.2. The first-order chi connectivity index (χ1) is 15.0. The summed E-state index contributed by atoms with van der Waals surface area (Å²) in [7, 11) is -3.69. The fourth-order valence-corrected chi connectivity index (χ4v) is 1.80. The van der Waals surface area contributed by atoms with E-state index < -0.39 is 75.7 Å². The average Bonchev–Trinajstić information content (AvgIpc) is 3.02. The Kier molecular flexibility index (Phi) is 1.52. The number of nitrogens with zero attached hydrogens (tertiary/aromatic N) is 1. The first kappa shape index (κ1) is 5.12. The van der Waals surface area contributed by atoms with Gasteiger partial charge in [-0.05, 0) is 50.7 Å². The molecule has 0 radical (unpaired) electrons. The Morgan fingerprint density at radius 3 is 3.15 bits per heavy atom. The molecule has 1 aromatic carbocycles. The lowest BCUT2D eigenvalue weighted by molar-refractivity contribution is 0.414. The Balaban J connectivity index is 3.06. The summed E-state index contributed by atoms with van der Waals surface area (Å²) in [5.41, 5.74) is -6.26. The van der Waals surface area contributed by atoms with Crippen LogP contribution in [0.15, 0.2) is 24.3 Å². The molecule has 0 saturated heterocycles. The van der Waals surface area contributed by atoms with Crippen LogP contribution in [0.1, 0.15) is 27.6 Å². The van der Waals surface area contributed by atoms with E-state index in [2.05, 4.69) is 0 Å². The zero-order chi connectivity index (χ0) is 27.0.